The minimum Gasteiger partial charge on any atom is -0.494 e. The maximum Gasteiger partial charge on any atom is 0.229 e. The number of hydrogen-bond acceptors (Lipinski definition) is 3. The molecule has 1 amide bonds. The van der Waals surface area contributed by atoms with Gasteiger partial charge in [0.2, 0.25) is 5.91 Å². The Morgan fingerprint density at radius 2 is 2.11 bits per heavy atom. The van der Waals surface area contributed by atoms with Gasteiger partial charge >= 0.3 is 0 Å². The molecule has 5 heteroatoms. The average Bonchev–Trinajstić information content (AvgIpc) is 2.46. The van der Waals surface area contributed by atoms with Crippen molar-refractivity contribution in [3.8, 4) is 5.75 Å². The van der Waals surface area contributed by atoms with Crippen molar-refractivity contribution in [3.05, 3.63) is 24.0 Å². The summed E-state index contributed by atoms with van der Waals surface area (Å²) in [7, 11) is 3.10. The molecule has 0 aromatic heterocycles. The summed E-state index contributed by atoms with van der Waals surface area (Å²) in [6, 6.07) is 4.57. The summed E-state index contributed by atoms with van der Waals surface area (Å²) in [6.45, 7) is 1.72. The number of nitrogens with zero attached hydrogens (tertiary/aromatic N) is 1. The molecule has 1 aromatic carbocycles. The number of carbonyl (C=O) groups is 1. The molecular formula is C14H19FN2O2. The Morgan fingerprint density at radius 3 is 2.68 bits per heavy atom. The van der Waals surface area contributed by atoms with E-state index < -0.39 is 5.82 Å². The molecule has 2 rings (SSSR count). The zero-order chi connectivity index (χ0) is 13.8. The van der Waals surface area contributed by atoms with Crippen LogP contribution in [0.15, 0.2) is 18.2 Å². The third-order valence-corrected chi connectivity index (χ3v) is 3.54. The summed E-state index contributed by atoms with van der Waals surface area (Å²) >= 11 is 0. The molecule has 1 heterocycles. The van der Waals surface area contributed by atoms with Crippen molar-refractivity contribution in [2.75, 3.05) is 32.1 Å². The van der Waals surface area contributed by atoms with Crippen LogP contribution in [0.5, 0.6) is 5.75 Å². The first-order valence-corrected chi connectivity index (χ1v) is 6.45. The van der Waals surface area contributed by atoms with E-state index in [9.17, 15) is 9.18 Å². The second-order valence-electron chi connectivity index (χ2n) is 4.74. The maximum absolute atomic E-state index is 13.6. The number of nitrogens with one attached hydrogen (secondary N) is 1. The van der Waals surface area contributed by atoms with Crippen LogP contribution in [0.4, 0.5) is 10.1 Å². The number of methoxy groups -OCH3 is 1. The first kappa shape index (κ1) is 13.8. The van der Waals surface area contributed by atoms with Crippen molar-refractivity contribution >= 4 is 11.6 Å². The Labute approximate surface area is 112 Å². The molecule has 1 fully saturated rings. The summed E-state index contributed by atoms with van der Waals surface area (Å²) in [5.41, 5.74) is 0.557. The van der Waals surface area contributed by atoms with E-state index in [4.69, 9.17) is 4.74 Å². The molecule has 0 bridgehead atoms. The van der Waals surface area contributed by atoms with Gasteiger partial charge in [0.05, 0.1) is 7.11 Å². The smallest absolute Gasteiger partial charge is 0.229 e. The number of benzene rings is 1. The highest BCUT2D eigenvalue weighted by molar-refractivity contribution is 5.94. The van der Waals surface area contributed by atoms with Gasteiger partial charge in [-0.15, -0.1) is 0 Å². The normalized spacial score (nSPS) is 16.2. The summed E-state index contributed by atoms with van der Waals surface area (Å²) in [4.78, 5) is 13.8. The van der Waals surface area contributed by atoms with Gasteiger partial charge in [0.1, 0.15) is 0 Å². The molecule has 19 heavy (non-hydrogen) atoms. The molecule has 1 N–H and O–H groups in total. The molecule has 104 valence electrons. The summed E-state index contributed by atoms with van der Waals surface area (Å²) < 4.78 is 18.5. The lowest BCUT2D eigenvalue weighted by Gasteiger charge is -2.27. The van der Waals surface area contributed by atoms with Gasteiger partial charge in [0.25, 0.3) is 0 Å². The van der Waals surface area contributed by atoms with E-state index in [0.29, 0.717) is 5.69 Å². The summed E-state index contributed by atoms with van der Waals surface area (Å²) in [6.07, 6.45) is 1.67. The third kappa shape index (κ3) is 3.04. The van der Waals surface area contributed by atoms with E-state index in [-0.39, 0.29) is 17.6 Å². The predicted molar refractivity (Wildman–Crippen MR) is 72.0 cm³/mol. The number of rotatable bonds is 3. The van der Waals surface area contributed by atoms with Gasteiger partial charge < -0.3 is 15.0 Å². The number of hydrogen-bond donors (Lipinski definition) is 1. The van der Waals surface area contributed by atoms with Gasteiger partial charge in [-0.3, -0.25) is 4.79 Å². The van der Waals surface area contributed by atoms with Crippen LogP contribution in [0.3, 0.4) is 0 Å². The largest absolute Gasteiger partial charge is 0.494 e. The summed E-state index contributed by atoms with van der Waals surface area (Å²) in [5, 5.41) is 3.23. The first-order valence-electron chi connectivity index (χ1n) is 6.45. The number of amides is 1. The third-order valence-electron chi connectivity index (χ3n) is 3.54. The lowest BCUT2D eigenvalue weighted by atomic mass is 9.96. The molecule has 1 saturated heterocycles. The second kappa shape index (κ2) is 6.02. The molecule has 0 atom stereocenters. The zero-order valence-corrected chi connectivity index (χ0v) is 11.3. The van der Waals surface area contributed by atoms with Crippen molar-refractivity contribution in [1.29, 1.82) is 0 Å². The topological polar surface area (TPSA) is 41.6 Å². The monoisotopic (exact) mass is 266 g/mol. The van der Waals surface area contributed by atoms with Gasteiger partial charge in [-0.05, 0) is 38.1 Å². The standard InChI is InChI=1S/C14H19FN2O2/c1-17(14(18)10-5-7-16-8-6-10)11-3-4-13(19-2)12(15)9-11/h3-4,9-10,16H,5-8H2,1-2H3. The molecule has 4 nitrogen and oxygen atoms in total. The van der Waals surface area contributed by atoms with Crippen molar-refractivity contribution in [2.45, 2.75) is 12.8 Å². The fourth-order valence-corrected chi connectivity index (χ4v) is 2.33. The Bertz CT molecular complexity index is 459. The lowest BCUT2D eigenvalue weighted by molar-refractivity contribution is -0.122. The van der Waals surface area contributed by atoms with E-state index >= 15 is 0 Å². The van der Waals surface area contributed by atoms with Crippen LogP contribution >= 0.6 is 0 Å². The molecule has 1 aliphatic rings. The van der Waals surface area contributed by atoms with E-state index in [2.05, 4.69) is 5.32 Å². The van der Waals surface area contributed by atoms with Crippen LogP contribution in [-0.2, 0) is 4.79 Å². The molecular weight excluding hydrogens is 247 g/mol. The van der Waals surface area contributed by atoms with Gasteiger partial charge in [0, 0.05) is 24.7 Å². The van der Waals surface area contributed by atoms with Crippen LogP contribution < -0.4 is 15.0 Å². The van der Waals surface area contributed by atoms with Crippen molar-refractivity contribution in [2.24, 2.45) is 5.92 Å². The van der Waals surface area contributed by atoms with Crippen LogP contribution in [0.25, 0.3) is 0 Å². The van der Waals surface area contributed by atoms with Crippen LogP contribution in [-0.4, -0.2) is 33.2 Å². The van der Waals surface area contributed by atoms with Crippen molar-refractivity contribution in [3.63, 3.8) is 0 Å². The SMILES string of the molecule is COc1ccc(N(C)C(=O)C2CCNCC2)cc1F. The molecule has 1 aliphatic heterocycles. The van der Waals surface area contributed by atoms with Crippen molar-refractivity contribution < 1.29 is 13.9 Å². The van der Waals surface area contributed by atoms with Gasteiger partial charge in [-0.2, -0.15) is 0 Å². The summed E-state index contributed by atoms with van der Waals surface area (Å²) in [5.74, 6) is -0.195. The Kier molecular flexibility index (Phi) is 4.37. The van der Waals surface area contributed by atoms with Crippen LogP contribution in [0, 0.1) is 11.7 Å². The minimum atomic E-state index is -0.454. The second-order valence-corrected chi connectivity index (χ2v) is 4.74. The fraction of sp³-hybridized carbons (Fsp3) is 0.500. The van der Waals surface area contributed by atoms with E-state index in [1.807, 2.05) is 0 Å². The number of ether oxygens (including phenoxy) is 1. The van der Waals surface area contributed by atoms with Gasteiger partial charge in [-0.25, -0.2) is 4.39 Å². The minimum absolute atomic E-state index is 0.0245. The van der Waals surface area contributed by atoms with Crippen LogP contribution in [0.1, 0.15) is 12.8 Å². The first-order chi connectivity index (χ1) is 9.13. The molecule has 0 saturated carbocycles. The molecule has 0 radical (unpaired) electrons. The Balaban J connectivity index is 2.11. The van der Waals surface area contributed by atoms with E-state index in [1.54, 1.807) is 13.1 Å². The quantitative estimate of drug-likeness (QED) is 0.907. The molecule has 0 aliphatic carbocycles. The van der Waals surface area contributed by atoms with Crippen molar-refractivity contribution in [1.82, 2.24) is 5.32 Å². The highest BCUT2D eigenvalue weighted by Gasteiger charge is 2.25. The number of piperidine rings is 1. The van der Waals surface area contributed by atoms with Gasteiger partial charge in [0.15, 0.2) is 11.6 Å². The van der Waals surface area contributed by atoms with Gasteiger partial charge in [-0.1, -0.05) is 0 Å². The predicted octanol–water partition coefficient (Wildman–Crippen LogP) is 1.80. The molecule has 1 aromatic rings. The Morgan fingerprint density at radius 1 is 1.42 bits per heavy atom. The van der Waals surface area contributed by atoms with E-state index in [1.165, 1.54) is 24.1 Å². The average molecular weight is 266 g/mol. The highest BCUT2D eigenvalue weighted by atomic mass is 19.1. The number of anilines is 1. The molecule has 0 unspecified atom stereocenters. The number of carbonyl (C=O) groups excluding carboxylic acids is 1. The highest BCUT2D eigenvalue weighted by Crippen LogP contribution is 2.25. The maximum atomic E-state index is 13.6. The Hall–Kier alpha value is -1.62. The number of halogens is 1. The lowest BCUT2D eigenvalue weighted by Crippen LogP contribution is -2.39. The zero-order valence-electron chi connectivity index (χ0n) is 11.3. The molecule has 0 spiro atoms. The van der Waals surface area contributed by atoms with Crippen LogP contribution in [0.2, 0.25) is 0 Å². The van der Waals surface area contributed by atoms with E-state index in [0.717, 1.165) is 25.9 Å². The fourth-order valence-electron chi connectivity index (χ4n) is 2.33.